The lowest BCUT2D eigenvalue weighted by Gasteiger charge is -2.34. The molecule has 3 rings (SSSR count). The molecule has 1 N–H and O–H groups in total. The van der Waals surface area contributed by atoms with E-state index in [4.69, 9.17) is 4.74 Å². The van der Waals surface area contributed by atoms with Gasteiger partial charge in [-0.1, -0.05) is 0 Å². The Morgan fingerprint density at radius 2 is 1.93 bits per heavy atom. The average Bonchev–Trinajstić information content (AvgIpc) is 2.70. The number of likely N-dealkylation sites (tertiary alicyclic amines) is 1. The van der Waals surface area contributed by atoms with E-state index in [9.17, 15) is 9.18 Å². The number of methoxy groups -OCH3 is 1. The van der Waals surface area contributed by atoms with Crippen LogP contribution in [0.4, 0.5) is 20.7 Å². The third kappa shape index (κ3) is 4.84. The summed E-state index contributed by atoms with van der Waals surface area (Å²) in [6.45, 7) is 2.19. The molecule has 0 radical (unpaired) electrons. The van der Waals surface area contributed by atoms with Gasteiger partial charge in [0.1, 0.15) is 5.82 Å². The number of nitrogens with zero attached hydrogens (tertiary/aromatic N) is 4. The van der Waals surface area contributed by atoms with Gasteiger partial charge in [0.05, 0.1) is 7.11 Å². The zero-order valence-corrected chi connectivity index (χ0v) is 15.6. The van der Waals surface area contributed by atoms with Crippen molar-refractivity contribution in [2.24, 2.45) is 5.92 Å². The number of anilines is 2. The second-order valence-corrected chi connectivity index (χ2v) is 6.64. The Hall–Kier alpha value is -2.90. The van der Waals surface area contributed by atoms with E-state index in [0.29, 0.717) is 30.6 Å². The lowest BCUT2D eigenvalue weighted by atomic mass is 9.96. The summed E-state index contributed by atoms with van der Waals surface area (Å²) in [5.41, 5.74) is 0.595. The lowest BCUT2D eigenvalue weighted by Crippen LogP contribution is -2.43. The van der Waals surface area contributed by atoms with Gasteiger partial charge in [-0.05, 0) is 43.0 Å². The minimum atomic E-state index is -0.322. The molecule has 1 aliphatic heterocycles. The molecule has 1 aliphatic rings. The molecule has 7 nitrogen and oxygen atoms in total. The number of amides is 2. The number of rotatable bonds is 5. The highest BCUT2D eigenvalue weighted by Gasteiger charge is 2.24. The fraction of sp³-hybridized carbons (Fsp3) is 0.421. The maximum absolute atomic E-state index is 13.0. The van der Waals surface area contributed by atoms with Crippen LogP contribution in [0.1, 0.15) is 12.8 Å². The molecular formula is C19H24FN5O2. The molecule has 1 fully saturated rings. The van der Waals surface area contributed by atoms with Crippen LogP contribution in [0.25, 0.3) is 0 Å². The van der Waals surface area contributed by atoms with Crippen molar-refractivity contribution in [2.45, 2.75) is 12.8 Å². The van der Waals surface area contributed by atoms with Gasteiger partial charge in [-0.25, -0.2) is 19.2 Å². The van der Waals surface area contributed by atoms with Gasteiger partial charge in [0.25, 0.3) is 5.88 Å². The smallest absolute Gasteiger partial charge is 0.321 e. The molecule has 144 valence electrons. The van der Waals surface area contributed by atoms with Crippen molar-refractivity contribution in [2.75, 3.05) is 44.0 Å². The molecule has 1 aromatic carbocycles. The summed E-state index contributed by atoms with van der Waals surface area (Å²) in [5.74, 6) is 1.36. The van der Waals surface area contributed by atoms with Gasteiger partial charge >= 0.3 is 6.03 Å². The fourth-order valence-electron chi connectivity index (χ4n) is 3.25. The molecule has 2 amide bonds. The van der Waals surface area contributed by atoms with Crippen LogP contribution in [0.2, 0.25) is 0 Å². The highest BCUT2D eigenvalue weighted by Crippen LogP contribution is 2.25. The van der Waals surface area contributed by atoms with Crippen molar-refractivity contribution in [3.05, 3.63) is 42.5 Å². The number of hydrogen-bond donors (Lipinski definition) is 1. The summed E-state index contributed by atoms with van der Waals surface area (Å²) in [6, 6.07) is 5.63. The normalized spacial score (nSPS) is 14.7. The van der Waals surface area contributed by atoms with Crippen LogP contribution in [-0.4, -0.2) is 54.7 Å². The molecule has 0 unspecified atom stereocenters. The third-order valence-electron chi connectivity index (χ3n) is 4.73. The molecule has 1 saturated heterocycles. The average molecular weight is 373 g/mol. The summed E-state index contributed by atoms with van der Waals surface area (Å²) in [4.78, 5) is 24.7. The van der Waals surface area contributed by atoms with Crippen molar-refractivity contribution in [3.63, 3.8) is 0 Å². The van der Waals surface area contributed by atoms with Crippen molar-refractivity contribution in [1.29, 1.82) is 0 Å². The fourth-order valence-corrected chi connectivity index (χ4v) is 3.25. The highest BCUT2D eigenvalue weighted by atomic mass is 19.1. The standard InChI is InChI=1S/C19H24FN5O2/c1-24(17-18(27-2)22-10-9-21-17)13-14-7-11-25(12-8-14)19(26)23-16-5-3-15(20)4-6-16/h3-6,9-10,14H,7-8,11-13H2,1-2H3,(H,23,26). The van der Waals surface area contributed by atoms with Crippen molar-refractivity contribution in [1.82, 2.24) is 14.9 Å². The Morgan fingerprint density at radius 1 is 1.26 bits per heavy atom. The first-order valence-corrected chi connectivity index (χ1v) is 8.94. The van der Waals surface area contributed by atoms with Crippen LogP contribution in [0.5, 0.6) is 5.88 Å². The van der Waals surface area contributed by atoms with Gasteiger partial charge in [0.2, 0.25) is 0 Å². The Bertz CT molecular complexity index is 763. The maximum atomic E-state index is 13.0. The number of carbonyl (C=O) groups excluding carboxylic acids is 1. The molecule has 0 bridgehead atoms. The van der Waals surface area contributed by atoms with Gasteiger partial charge in [0, 0.05) is 44.8 Å². The maximum Gasteiger partial charge on any atom is 0.321 e. The number of hydrogen-bond acceptors (Lipinski definition) is 5. The van der Waals surface area contributed by atoms with Crippen LogP contribution in [0, 0.1) is 11.7 Å². The largest absolute Gasteiger partial charge is 0.478 e. The minimum Gasteiger partial charge on any atom is -0.478 e. The Kier molecular flexibility index (Phi) is 6.05. The Morgan fingerprint density at radius 3 is 2.59 bits per heavy atom. The van der Waals surface area contributed by atoms with E-state index < -0.39 is 0 Å². The lowest BCUT2D eigenvalue weighted by molar-refractivity contribution is 0.184. The van der Waals surface area contributed by atoms with E-state index in [2.05, 4.69) is 15.3 Å². The van der Waals surface area contributed by atoms with Crippen molar-refractivity contribution in [3.8, 4) is 5.88 Å². The van der Waals surface area contributed by atoms with Crippen LogP contribution >= 0.6 is 0 Å². The van der Waals surface area contributed by atoms with Gasteiger partial charge in [-0.3, -0.25) is 0 Å². The topological polar surface area (TPSA) is 70.6 Å². The highest BCUT2D eigenvalue weighted by molar-refractivity contribution is 5.89. The summed E-state index contributed by atoms with van der Waals surface area (Å²) < 4.78 is 18.2. The molecule has 8 heteroatoms. The summed E-state index contributed by atoms with van der Waals surface area (Å²) in [6.07, 6.45) is 5.07. The van der Waals surface area contributed by atoms with E-state index >= 15 is 0 Å². The predicted molar refractivity (Wildman–Crippen MR) is 102 cm³/mol. The predicted octanol–water partition coefficient (Wildman–Crippen LogP) is 3.00. The Balaban J connectivity index is 1.49. The molecule has 0 atom stereocenters. The number of piperidine rings is 1. The molecular weight excluding hydrogens is 349 g/mol. The minimum absolute atomic E-state index is 0.149. The van der Waals surface area contributed by atoms with Gasteiger partial charge in [-0.15, -0.1) is 0 Å². The van der Waals surface area contributed by atoms with Gasteiger partial charge < -0.3 is 19.9 Å². The summed E-state index contributed by atoms with van der Waals surface area (Å²) in [7, 11) is 3.56. The Labute approximate surface area is 158 Å². The van der Waals surface area contributed by atoms with Crippen molar-refractivity contribution >= 4 is 17.5 Å². The molecule has 2 aromatic rings. The van der Waals surface area contributed by atoms with E-state index in [1.807, 2.05) is 11.9 Å². The summed E-state index contributed by atoms with van der Waals surface area (Å²) >= 11 is 0. The van der Waals surface area contributed by atoms with Crippen LogP contribution in [0.3, 0.4) is 0 Å². The molecule has 0 spiro atoms. The van der Waals surface area contributed by atoms with Crippen LogP contribution in [-0.2, 0) is 0 Å². The quantitative estimate of drug-likeness (QED) is 0.872. The number of nitrogens with one attached hydrogen (secondary N) is 1. The number of benzene rings is 1. The first kappa shape index (κ1) is 18.9. The molecule has 2 heterocycles. The van der Waals surface area contributed by atoms with Gasteiger partial charge in [0.15, 0.2) is 5.82 Å². The van der Waals surface area contributed by atoms with Crippen molar-refractivity contribution < 1.29 is 13.9 Å². The second kappa shape index (κ2) is 8.66. The van der Waals surface area contributed by atoms with E-state index in [0.717, 1.165) is 25.2 Å². The SMILES string of the molecule is COc1nccnc1N(C)CC1CCN(C(=O)Nc2ccc(F)cc2)CC1. The number of urea groups is 1. The summed E-state index contributed by atoms with van der Waals surface area (Å²) in [5, 5.41) is 2.81. The number of ether oxygens (including phenoxy) is 1. The van der Waals surface area contributed by atoms with E-state index in [-0.39, 0.29) is 11.8 Å². The van der Waals surface area contributed by atoms with E-state index in [1.165, 1.54) is 12.1 Å². The molecule has 27 heavy (non-hydrogen) atoms. The number of halogens is 1. The van der Waals surface area contributed by atoms with Crippen LogP contribution in [0.15, 0.2) is 36.7 Å². The monoisotopic (exact) mass is 373 g/mol. The first-order valence-electron chi connectivity index (χ1n) is 8.94. The molecule has 0 aliphatic carbocycles. The van der Waals surface area contributed by atoms with Gasteiger partial charge in [-0.2, -0.15) is 0 Å². The molecule has 0 saturated carbocycles. The third-order valence-corrected chi connectivity index (χ3v) is 4.73. The first-order chi connectivity index (χ1) is 13.1. The van der Waals surface area contributed by atoms with E-state index in [1.54, 1.807) is 36.5 Å². The number of carbonyl (C=O) groups is 1. The second-order valence-electron chi connectivity index (χ2n) is 6.64. The number of aromatic nitrogens is 2. The zero-order chi connectivity index (χ0) is 19.2. The van der Waals surface area contributed by atoms with Crippen LogP contribution < -0.4 is 15.0 Å². The molecule has 1 aromatic heterocycles. The zero-order valence-electron chi connectivity index (χ0n) is 15.6.